The van der Waals surface area contributed by atoms with Gasteiger partial charge >= 0.3 is 5.97 Å². The maximum Gasteiger partial charge on any atom is 0.326 e. The van der Waals surface area contributed by atoms with E-state index in [4.69, 9.17) is 23.3 Å². The second kappa shape index (κ2) is 43.3. The molecule has 10 atom stereocenters. The number of H-pyrrole nitrogens is 2. The summed E-state index contributed by atoms with van der Waals surface area (Å²) in [5, 5.41) is 67.9. The number of nitrogens with one attached hydrogen (secondary N) is 14. The van der Waals surface area contributed by atoms with Crippen LogP contribution in [0, 0.1) is 23.7 Å². The van der Waals surface area contributed by atoms with Crippen LogP contribution in [0.15, 0.2) is 67.3 Å². The molecule has 34 nitrogen and oxygen atoms in total. The number of para-hydroxylation sites is 1. The monoisotopic (exact) mass is 1470 g/mol. The number of terminal acetylenes is 1. The predicted molar refractivity (Wildman–Crippen MR) is 384 cm³/mol. The Labute approximate surface area is 607 Å². The number of amides is 12. The third-order valence-corrected chi connectivity index (χ3v) is 17.3. The number of thiol groups is 1. The Bertz CT molecular complexity index is 3640. The van der Waals surface area contributed by atoms with Crippen LogP contribution in [-0.4, -0.2) is 210 Å². The molecule has 1 aliphatic heterocycles. The van der Waals surface area contributed by atoms with Crippen molar-refractivity contribution in [3.05, 3.63) is 84.1 Å². The van der Waals surface area contributed by atoms with Crippen LogP contribution in [-0.2, 0) is 81.6 Å². The van der Waals surface area contributed by atoms with Crippen LogP contribution >= 0.6 is 12.6 Å². The number of phenolic OH excluding ortho intramolecular Hbond substituents is 1. The van der Waals surface area contributed by atoms with Crippen molar-refractivity contribution < 1.29 is 77.6 Å². The standard InChI is InChI=1S/C69H98N18O16S/c1-5-7-20-57(91)74-27-11-10-17-46(78-66(100)54(37-104)86-61(95)49(30-39(3)4)81-60(94)47(18-12-28-75-69(71)72)79-67(101)55-19-13-29-87(55)58(92)14-6-2)59(93)82-50(31-40-21-23-43(89)24-22-40)62(96)85-53(36-88)65(99)83-51(32-41-34-76-45-16-9-8-15-44(41)45)63(97)84-52(33-42-35-73-38-77-42)64(98)80-48(68(102)103)25-26-56(70)90/h1,8-9,15-16,21-24,34-35,38-39,46-55,76,88-89,104H,6-7,10-14,17-20,25-33,36-37H2,2-4H3,(H2,70,90)(H,73,77)(H,74,91)(H,78,100)(H,79,101)(H,80,98)(H,81,94)(H,82,93)(H,83,99)(H,84,97)(H,85,96)(H,86,95)(H,102,103)(H4,71,72,75)/t46-,47+,48+,49+,50+,51+,52+,53+,54-,55+/m1/s1. The van der Waals surface area contributed by atoms with E-state index in [2.05, 4.69) is 92.0 Å². The van der Waals surface area contributed by atoms with Gasteiger partial charge in [0.25, 0.3) is 0 Å². The average Bonchev–Trinajstić information content (AvgIpc) is 1.63. The van der Waals surface area contributed by atoms with Gasteiger partial charge in [0.1, 0.15) is 66.2 Å². The first kappa shape index (κ1) is 83.9. The number of imidazole rings is 1. The van der Waals surface area contributed by atoms with Crippen molar-refractivity contribution in [1.82, 2.24) is 78.3 Å². The number of rotatable bonds is 45. The van der Waals surface area contributed by atoms with Crippen molar-refractivity contribution in [3.63, 3.8) is 0 Å². The molecule has 1 fully saturated rings. The second-order valence-electron chi connectivity index (χ2n) is 25.6. The van der Waals surface area contributed by atoms with Gasteiger partial charge in [-0.3, -0.25) is 62.9 Å². The number of aromatic nitrogens is 3. The topological polar surface area (TPSA) is 539 Å². The molecule has 12 amide bonds. The lowest BCUT2D eigenvalue weighted by Crippen LogP contribution is -2.61. The smallest absolute Gasteiger partial charge is 0.326 e. The first-order valence-corrected chi connectivity index (χ1v) is 35.1. The number of aliphatic hydroxyl groups excluding tert-OH is 1. The summed E-state index contributed by atoms with van der Waals surface area (Å²) in [4.78, 5) is 190. The largest absolute Gasteiger partial charge is 0.508 e. The molecule has 2 aromatic carbocycles. The van der Waals surface area contributed by atoms with Crippen LogP contribution in [0.25, 0.3) is 10.9 Å². The Hall–Kier alpha value is -10.8. The molecular weight excluding hydrogens is 1370 g/mol. The fraction of sp³-hybridized carbons (Fsp3) is 0.522. The number of nitrogens with zero attached hydrogens (tertiary/aromatic N) is 2. The van der Waals surface area contributed by atoms with Crippen molar-refractivity contribution in [3.8, 4) is 18.1 Å². The summed E-state index contributed by atoms with van der Waals surface area (Å²) >= 11 is 4.38. The van der Waals surface area contributed by atoms with Gasteiger partial charge in [-0.25, -0.2) is 9.78 Å². The molecule has 21 N–H and O–H groups in total. The Morgan fingerprint density at radius 1 is 0.663 bits per heavy atom. The number of phenols is 1. The molecule has 4 aromatic rings. The summed E-state index contributed by atoms with van der Waals surface area (Å²) in [5.41, 5.74) is 12.5. The molecule has 5 rings (SSSR count). The lowest BCUT2D eigenvalue weighted by atomic mass is 10.0. The molecule has 0 radical (unpaired) electrons. The van der Waals surface area contributed by atoms with Gasteiger partial charge in [-0.05, 0) is 99.5 Å². The average molecular weight is 1470 g/mol. The number of likely N-dealkylation sites (tertiary alicyclic amines) is 1. The number of nitrogens with two attached hydrogens (primary N) is 2. The van der Waals surface area contributed by atoms with E-state index in [1.54, 1.807) is 44.3 Å². The molecule has 0 saturated carbocycles. The normalized spacial score (nSPS) is 15.1. The number of carboxylic acids is 1. The number of hydrogen-bond donors (Lipinski definition) is 20. The van der Waals surface area contributed by atoms with Gasteiger partial charge in [0.2, 0.25) is 70.9 Å². The number of carboxylic acid groups (broad SMARTS) is 1. The molecule has 2 aromatic heterocycles. The predicted octanol–water partition coefficient (Wildman–Crippen LogP) is -1.94. The summed E-state index contributed by atoms with van der Waals surface area (Å²) in [6.07, 6.45) is 10.3. The van der Waals surface area contributed by atoms with E-state index in [9.17, 15) is 77.6 Å². The zero-order valence-corrected chi connectivity index (χ0v) is 59.4. The van der Waals surface area contributed by atoms with E-state index >= 15 is 0 Å². The van der Waals surface area contributed by atoms with E-state index < -0.39 is 145 Å². The number of carbonyl (C=O) groups is 13. The number of guanidine groups is 1. The SMILES string of the molecule is C#CCCC(=O)NCCCC[C@@H](NC(=O)[C@@H](CS)NC(=O)[C@H](CC(C)C)NC(=O)[C@H](CCCNC(=N)N)NC(=O)[C@@H]1CCCN1C(=O)CCC)C(=O)N[C@@H](Cc1ccc(O)cc1)C(=O)N[C@@H](CO)C(=O)N[C@@H](Cc1c[nH]c2ccccc12)C(=O)N[C@@H](Cc1cnc[nH]1)C(=O)N[C@@H](CCC(N)=O)C(=O)O. The highest BCUT2D eigenvalue weighted by atomic mass is 32.1. The number of aromatic amines is 2. The fourth-order valence-electron chi connectivity index (χ4n) is 11.5. The molecule has 1 saturated heterocycles. The Balaban J connectivity index is 1.42. The third kappa shape index (κ3) is 27.9. The maximum absolute atomic E-state index is 14.9. The highest BCUT2D eigenvalue weighted by Gasteiger charge is 2.39. The molecule has 1 aliphatic rings. The maximum atomic E-state index is 14.9. The number of benzene rings is 2. The van der Waals surface area contributed by atoms with E-state index in [1.807, 2.05) is 6.92 Å². The van der Waals surface area contributed by atoms with Crippen molar-refractivity contribution in [2.45, 2.75) is 190 Å². The number of aromatic hydroxyl groups is 1. The number of carbonyl (C=O) groups excluding carboxylic acids is 12. The third-order valence-electron chi connectivity index (χ3n) is 16.9. The van der Waals surface area contributed by atoms with Crippen LogP contribution in [0.2, 0.25) is 0 Å². The van der Waals surface area contributed by atoms with Crippen molar-refractivity contribution >= 4 is 106 Å². The summed E-state index contributed by atoms with van der Waals surface area (Å²) in [6, 6.07) is -2.32. The van der Waals surface area contributed by atoms with Crippen LogP contribution < -0.4 is 70.0 Å². The number of hydrogen-bond acceptors (Lipinski definition) is 18. The van der Waals surface area contributed by atoms with Crippen LogP contribution in [0.3, 0.4) is 0 Å². The highest BCUT2D eigenvalue weighted by Crippen LogP contribution is 2.22. The molecule has 0 aliphatic carbocycles. The summed E-state index contributed by atoms with van der Waals surface area (Å²) in [7, 11) is 0. The molecule has 566 valence electrons. The van der Waals surface area contributed by atoms with Crippen molar-refractivity contribution in [2.24, 2.45) is 17.4 Å². The quantitative estimate of drug-likeness (QED) is 0.00753. The number of aliphatic hydroxyl groups is 1. The zero-order valence-electron chi connectivity index (χ0n) is 58.5. The summed E-state index contributed by atoms with van der Waals surface area (Å²) in [6.45, 7) is 4.92. The minimum Gasteiger partial charge on any atom is -0.508 e. The molecule has 0 bridgehead atoms. The number of aliphatic carboxylic acids is 1. The number of fused-ring (bicyclic) bond motifs is 1. The molecule has 0 spiro atoms. The van der Waals surface area contributed by atoms with Crippen LogP contribution in [0.4, 0.5) is 0 Å². The van der Waals surface area contributed by atoms with E-state index in [0.29, 0.717) is 53.5 Å². The van der Waals surface area contributed by atoms with Gasteiger partial charge in [0.15, 0.2) is 5.96 Å². The van der Waals surface area contributed by atoms with Crippen molar-refractivity contribution in [2.75, 3.05) is 32.0 Å². The lowest BCUT2D eigenvalue weighted by molar-refractivity contribution is -0.142. The Morgan fingerprint density at radius 3 is 1.83 bits per heavy atom. The molecular formula is C69H98N18O16S. The Morgan fingerprint density at radius 2 is 1.22 bits per heavy atom. The molecule has 0 unspecified atom stereocenters. The van der Waals surface area contributed by atoms with Gasteiger partial charge in [-0.15, -0.1) is 12.3 Å². The van der Waals surface area contributed by atoms with Crippen LogP contribution in [0.5, 0.6) is 5.75 Å². The first-order chi connectivity index (χ1) is 49.6. The number of unbranched alkanes of at least 4 members (excludes halogenated alkanes) is 1. The molecule has 35 heteroatoms. The fourth-order valence-corrected chi connectivity index (χ4v) is 11.7. The minimum absolute atomic E-state index is 0.0133. The van der Waals surface area contributed by atoms with E-state index in [1.165, 1.54) is 41.7 Å². The van der Waals surface area contributed by atoms with Gasteiger partial charge in [0, 0.05) is 99.3 Å². The van der Waals surface area contributed by atoms with Gasteiger partial charge in [-0.1, -0.05) is 51.1 Å². The molecule has 104 heavy (non-hydrogen) atoms. The van der Waals surface area contributed by atoms with Gasteiger partial charge in [0.05, 0.1) is 12.9 Å². The summed E-state index contributed by atoms with van der Waals surface area (Å²) in [5.74, 6) is -9.95. The second-order valence-corrected chi connectivity index (χ2v) is 26.0. The minimum atomic E-state index is -1.88. The Kier molecular flexibility index (Phi) is 34.9. The zero-order chi connectivity index (χ0) is 76.4. The molecule has 3 heterocycles. The van der Waals surface area contributed by atoms with Gasteiger partial charge < -0.3 is 100 Å². The number of primary amides is 1. The van der Waals surface area contributed by atoms with Crippen LogP contribution in [0.1, 0.15) is 127 Å². The van der Waals surface area contributed by atoms with E-state index in [0.717, 1.165) is 0 Å². The first-order valence-electron chi connectivity index (χ1n) is 34.5. The van der Waals surface area contributed by atoms with Gasteiger partial charge in [-0.2, -0.15) is 12.6 Å². The van der Waals surface area contributed by atoms with Crippen molar-refractivity contribution in [1.29, 1.82) is 5.41 Å². The highest BCUT2D eigenvalue weighted by molar-refractivity contribution is 7.80. The summed E-state index contributed by atoms with van der Waals surface area (Å²) < 4.78 is 0. The van der Waals surface area contributed by atoms with E-state index in [-0.39, 0.29) is 125 Å². The lowest BCUT2D eigenvalue weighted by Gasteiger charge is -2.29.